The average Bonchev–Trinajstić information content (AvgIpc) is 3.41. The van der Waals surface area contributed by atoms with Crippen LogP contribution in [0.15, 0.2) is 29.1 Å². The Bertz CT molecular complexity index is 1070. The van der Waals surface area contributed by atoms with Gasteiger partial charge in [0, 0.05) is 22.3 Å². The van der Waals surface area contributed by atoms with E-state index in [4.69, 9.17) is 16.7 Å². The minimum absolute atomic E-state index is 0.0897. The molecular weight excluding hydrogens is 358 g/mol. The Morgan fingerprint density at radius 1 is 1.19 bits per heavy atom. The average molecular weight is 384 g/mol. The van der Waals surface area contributed by atoms with Crippen molar-refractivity contribution in [1.82, 2.24) is 14.2 Å². The van der Waals surface area contributed by atoms with Crippen molar-refractivity contribution in [3.8, 4) is 11.4 Å². The Balaban J connectivity index is 2.06. The number of halogens is 1. The third-order valence-electron chi connectivity index (χ3n) is 5.79. The summed E-state index contributed by atoms with van der Waals surface area (Å²) >= 11 is 6.15. The molecule has 1 aliphatic rings. The van der Waals surface area contributed by atoms with Crippen LogP contribution < -0.4 is 5.56 Å². The van der Waals surface area contributed by atoms with Gasteiger partial charge in [0.15, 0.2) is 5.82 Å². The Kier molecular flexibility index (Phi) is 4.63. The molecule has 3 aromatic rings. The molecule has 27 heavy (non-hydrogen) atoms. The van der Waals surface area contributed by atoms with Gasteiger partial charge in [0.05, 0.1) is 0 Å². The highest BCUT2D eigenvalue weighted by molar-refractivity contribution is 6.30. The fourth-order valence-corrected chi connectivity index (χ4v) is 4.35. The van der Waals surface area contributed by atoms with Crippen LogP contribution in [0.4, 0.5) is 0 Å². The molecule has 2 aromatic heterocycles. The van der Waals surface area contributed by atoms with Crippen LogP contribution in [0.2, 0.25) is 5.02 Å². The Hall–Kier alpha value is -2.07. The van der Waals surface area contributed by atoms with E-state index < -0.39 is 0 Å². The van der Waals surface area contributed by atoms with Gasteiger partial charge in [-0.2, -0.15) is 0 Å². The van der Waals surface area contributed by atoms with Crippen molar-refractivity contribution in [2.45, 2.75) is 65.3 Å². The van der Waals surface area contributed by atoms with Gasteiger partial charge in [-0.1, -0.05) is 25.4 Å². The van der Waals surface area contributed by atoms with Gasteiger partial charge < -0.3 is 0 Å². The molecule has 0 aliphatic heterocycles. The predicted octanol–water partition coefficient (Wildman–Crippen LogP) is 5.67. The first-order valence-corrected chi connectivity index (χ1v) is 10.2. The van der Waals surface area contributed by atoms with Gasteiger partial charge in [0.1, 0.15) is 5.52 Å². The maximum absolute atomic E-state index is 13.6. The summed E-state index contributed by atoms with van der Waals surface area (Å²) in [5.41, 5.74) is 5.01. The number of aromatic nitrogens is 3. The van der Waals surface area contributed by atoms with E-state index in [0.717, 1.165) is 59.4 Å². The fourth-order valence-electron chi connectivity index (χ4n) is 4.12. The number of fused-ring (bicyclic) bond motifs is 1. The van der Waals surface area contributed by atoms with E-state index in [1.54, 1.807) is 0 Å². The number of rotatable bonds is 5. The summed E-state index contributed by atoms with van der Waals surface area (Å²) in [6.07, 6.45) is 4.13. The van der Waals surface area contributed by atoms with Gasteiger partial charge in [-0.15, -0.1) is 5.10 Å². The minimum Gasteiger partial charge on any atom is -0.286 e. The molecule has 4 rings (SSSR count). The van der Waals surface area contributed by atoms with Crippen LogP contribution in [0.5, 0.6) is 0 Å². The first kappa shape index (κ1) is 18.3. The maximum atomic E-state index is 13.6. The molecule has 4 nitrogen and oxygen atoms in total. The summed E-state index contributed by atoms with van der Waals surface area (Å²) in [4.78, 5) is 13.6. The Labute approximate surface area is 164 Å². The molecule has 1 fully saturated rings. The van der Waals surface area contributed by atoms with Crippen molar-refractivity contribution in [3.05, 3.63) is 56.5 Å². The first-order chi connectivity index (χ1) is 13.0. The molecule has 1 aromatic carbocycles. The van der Waals surface area contributed by atoms with Gasteiger partial charge in [-0.05, 0) is 80.8 Å². The van der Waals surface area contributed by atoms with Crippen LogP contribution in [-0.2, 0) is 0 Å². The highest BCUT2D eigenvalue weighted by atomic mass is 35.5. The normalized spacial score (nSPS) is 14.4. The maximum Gasteiger partial charge on any atom is 0.278 e. The molecule has 0 saturated heterocycles. The zero-order chi connectivity index (χ0) is 19.3. The van der Waals surface area contributed by atoms with Crippen LogP contribution in [0, 0.1) is 13.8 Å². The molecule has 1 aliphatic carbocycles. The van der Waals surface area contributed by atoms with Crippen molar-refractivity contribution in [2.24, 2.45) is 0 Å². The standard InChI is InChI=1S/C22H26ClN3O/c1-5-15(6-2)19-12-14(4)26-20(19)22(27)25(17-8-9-17)21(24-26)18-10-7-16(23)11-13(18)3/h7,10-12,15,17H,5-6,8-9H2,1-4H3. The molecule has 0 spiro atoms. The summed E-state index contributed by atoms with van der Waals surface area (Å²) in [7, 11) is 0. The highest BCUT2D eigenvalue weighted by Gasteiger charge is 2.31. The number of hydrogen-bond donors (Lipinski definition) is 0. The van der Waals surface area contributed by atoms with E-state index in [1.165, 1.54) is 0 Å². The highest BCUT2D eigenvalue weighted by Crippen LogP contribution is 2.38. The molecule has 1 saturated carbocycles. The van der Waals surface area contributed by atoms with E-state index in [9.17, 15) is 4.79 Å². The molecule has 0 N–H and O–H groups in total. The molecule has 0 bridgehead atoms. The number of benzene rings is 1. The van der Waals surface area contributed by atoms with Crippen molar-refractivity contribution >= 4 is 17.1 Å². The summed E-state index contributed by atoms with van der Waals surface area (Å²) in [5, 5.41) is 5.67. The van der Waals surface area contributed by atoms with Crippen molar-refractivity contribution < 1.29 is 0 Å². The molecule has 0 radical (unpaired) electrons. The lowest BCUT2D eigenvalue weighted by molar-refractivity contribution is 0.638. The van der Waals surface area contributed by atoms with Gasteiger partial charge in [0.2, 0.25) is 0 Å². The summed E-state index contributed by atoms with van der Waals surface area (Å²) in [6, 6.07) is 8.19. The molecule has 0 unspecified atom stereocenters. The topological polar surface area (TPSA) is 39.3 Å². The van der Waals surface area contributed by atoms with Crippen molar-refractivity contribution in [2.75, 3.05) is 0 Å². The molecule has 142 valence electrons. The lowest BCUT2D eigenvalue weighted by atomic mass is 9.95. The largest absolute Gasteiger partial charge is 0.286 e. The molecule has 0 atom stereocenters. The molecular formula is C22H26ClN3O. The van der Waals surface area contributed by atoms with E-state index >= 15 is 0 Å². The second-order valence-electron chi connectivity index (χ2n) is 7.70. The third-order valence-corrected chi connectivity index (χ3v) is 6.03. The van der Waals surface area contributed by atoms with Gasteiger partial charge in [-0.3, -0.25) is 9.36 Å². The van der Waals surface area contributed by atoms with Crippen LogP contribution in [0.1, 0.15) is 68.3 Å². The quantitative estimate of drug-likeness (QED) is 0.569. The van der Waals surface area contributed by atoms with Gasteiger partial charge in [-0.25, -0.2) is 4.52 Å². The molecule has 5 heteroatoms. The van der Waals surface area contributed by atoms with Crippen LogP contribution >= 0.6 is 11.6 Å². The second kappa shape index (κ2) is 6.83. The van der Waals surface area contributed by atoms with Gasteiger partial charge >= 0.3 is 0 Å². The third kappa shape index (κ3) is 3.00. The zero-order valence-corrected chi connectivity index (χ0v) is 17.2. The summed E-state index contributed by atoms with van der Waals surface area (Å²) in [5.74, 6) is 1.14. The van der Waals surface area contributed by atoms with Crippen molar-refractivity contribution in [3.63, 3.8) is 0 Å². The number of nitrogens with zero attached hydrogens (tertiary/aromatic N) is 3. The number of hydrogen-bond acceptors (Lipinski definition) is 2. The Morgan fingerprint density at radius 3 is 2.48 bits per heavy atom. The summed E-state index contributed by atoms with van der Waals surface area (Å²) in [6.45, 7) is 8.43. The minimum atomic E-state index is 0.0897. The predicted molar refractivity (Wildman–Crippen MR) is 111 cm³/mol. The van der Waals surface area contributed by atoms with E-state index in [2.05, 4.69) is 19.9 Å². The smallest absolute Gasteiger partial charge is 0.278 e. The molecule has 2 heterocycles. The fraction of sp³-hybridized carbons (Fsp3) is 0.455. The Morgan fingerprint density at radius 2 is 1.89 bits per heavy atom. The monoisotopic (exact) mass is 383 g/mol. The van der Waals surface area contributed by atoms with Crippen LogP contribution in [0.3, 0.4) is 0 Å². The van der Waals surface area contributed by atoms with Gasteiger partial charge in [0.25, 0.3) is 5.56 Å². The van der Waals surface area contributed by atoms with E-state index in [1.807, 2.05) is 41.1 Å². The van der Waals surface area contributed by atoms with Crippen LogP contribution in [-0.4, -0.2) is 14.2 Å². The molecule has 0 amide bonds. The zero-order valence-electron chi connectivity index (χ0n) is 16.4. The lowest BCUT2D eigenvalue weighted by Gasteiger charge is -2.16. The van der Waals surface area contributed by atoms with E-state index in [0.29, 0.717) is 10.9 Å². The first-order valence-electron chi connectivity index (χ1n) is 9.87. The summed E-state index contributed by atoms with van der Waals surface area (Å²) < 4.78 is 3.79. The second-order valence-corrected chi connectivity index (χ2v) is 8.14. The number of aryl methyl sites for hydroxylation is 2. The lowest BCUT2D eigenvalue weighted by Crippen LogP contribution is -2.26. The van der Waals surface area contributed by atoms with E-state index in [-0.39, 0.29) is 11.6 Å². The SMILES string of the molecule is CCC(CC)c1cc(C)n2nc(-c3ccc(Cl)cc3C)n(C3CC3)c(=O)c12. The van der Waals surface area contributed by atoms with Crippen molar-refractivity contribution in [1.29, 1.82) is 0 Å². The van der Waals surface area contributed by atoms with Crippen LogP contribution in [0.25, 0.3) is 16.9 Å².